The topological polar surface area (TPSA) is 64.1 Å². The summed E-state index contributed by atoms with van der Waals surface area (Å²) in [5.41, 5.74) is 3.61. The lowest BCUT2D eigenvalue weighted by Crippen LogP contribution is -2.38. The third-order valence-corrected chi connectivity index (χ3v) is 4.76. The van der Waals surface area contributed by atoms with E-state index in [1.807, 2.05) is 18.2 Å². The Morgan fingerprint density at radius 2 is 2.00 bits per heavy atom. The number of benzene rings is 2. The summed E-state index contributed by atoms with van der Waals surface area (Å²) in [6, 6.07) is 12.2. The lowest BCUT2D eigenvalue weighted by Gasteiger charge is -2.13. The van der Waals surface area contributed by atoms with Crippen LogP contribution in [0.3, 0.4) is 0 Å². The molecule has 0 fully saturated rings. The smallest absolute Gasteiger partial charge is 0.191 e. The number of aliphatic imine (C=N–C) groups is 1. The normalized spacial score (nSPS) is 12.1. The number of methoxy groups -OCH3 is 1. The highest BCUT2D eigenvalue weighted by Gasteiger charge is 2.12. The molecule has 0 bridgehead atoms. The number of nitrogens with zero attached hydrogens (tertiary/aromatic N) is 1. The van der Waals surface area contributed by atoms with Crippen molar-refractivity contribution in [3.05, 3.63) is 53.1 Å². The van der Waals surface area contributed by atoms with Crippen molar-refractivity contribution < 1.29 is 14.2 Å². The summed E-state index contributed by atoms with van der Waals surface area (Å²) >= 11 is 0. The zero-order valence-corrected chi connectivity index (χ0v) is 20.4. The van der Waals surface area contributed by atoms with Crippen LogP contribution in [0.5, 0.6) is 17.2 Å². The van der Waals surface area contributed by atoms with Gasteiger partial charge in [0.15, 0.2) is 17.5 Å². The average Bonchev–Trinajstić information content (AvgIpc) is 3.24. The largest absolute Gasteiger partial charge is 0.493 e. The highest BCUT2D eigenvalue weighted by Crippen LogP contribution is 2.28. The maximum absolute atomic E-state index is 5.58. The Hall–Kier alpha value is -2.60. The second kappa shape index (κ2) is 13.0. The molecule has 0 spiro atoms. The summed E-state index contributed by atoms with van der Waals surface area (Å²) in [6.45, 7) is 5.14. The first-order valence-corrected chi connectivity index (χ1v) is 10.2. The number of ether oxygens (including phenoxy) is 3. The minimum absolute atomic E-state index is 0. The van der Waals surface area contributed by atoms with Gasteiger partial charge in [-0.05, 0) is 48.2 Å². The van der Waals surface area contributed by atoms with Crippen LogP contribution in [0.2, 0.25) is 0 Å². The highest BCUT2D eigenvalue weighted by molar-refractivity contribution is 14.0. The number of hydrogen-bond donors (Lipinski definition) is 2. The Morgan fingerprint density at radius 3 is 2.77 bits per heavy atom. The predicted octanol–water partition coefficient (Wildman–Crippen LogP) is 3.56. The molecule has 0 unspecified atom stereocenters. The first kappa shape index (κ1) is 24.7. The van der Waals surface area contributed by atoms with Gasteiger partial charge < -0.3 is 24.8 Å². The van der Waals surface area contributed by atoms with E-state index < -0.39 is 0 Å². The maximum atomic E-state index is 5.58. The molecule has 1 heterocycles. The molecule has 0 aromatic heterocycles. The van der Waals surface area contributed by atoms with E-state index in [4.69, 9.17) is 20.6 Å². The second-order valence-corrected chi connectivity index (χ2v) is 6.89. The second-order valence-electron chi connectivity index (χ2n) is 6.89. The van der Waals surface area contributed by atoms with Gasteiger partial charge in [0.1, 0.15) is 12.4 Å². The number of hydrogen-bond acceptors (Lipinski definition) is 4. The van der Waals surface area contributed by atoms with Crippen molar-refractivity contribution in [3.8, 4) is 29.6 Å². The Balaban J connectivity index is 0.00000341. The fraction of sp³-hybridized carbons (Fsp3) is 0.375. The lowest BCUT2D eigenvalue weighted by atomic mass is 10.1. The molecule has 0 saturated carbocycles. The SMILES string of the molecule is C#CCOc1cc(CN=C(NCC)NCCc2ccc3c(c2)CCO3)ccc1OC.I. The van der Waals surface area contributed by atoms with Gasteiger partial charge in [-0.2, -0.15) is 0 Å². The quantitative estimate of drug-likeness (QED) is 0.223. The van der Waals surface area contributed by atoms with Crippen molar-refractivity contribution in [1.29, 1.82) is 0 Å². The van der Waals surface area contributed by atoms with Gasteiger partial charge in [0.05, 0.1) is 20.3 Å². The Bertz CT molecular complexity index is 925. The van der Waals surface area contributed by atoms with Gasteiger partial charge in [-0.1, -0.05) is 24.1 Å². The zero-order chi connectivity index (χ0) is 21.2. The first-order chi connectivity index (χ1) is 14.7. The molecule has 1 aliphatic rings. The third-order valence-electron chi connectivity index (χ3n) is 4.76. The molecule has 1 aliphatic heterocycles. The van der Waals surface area contributed by atoms with Crippen LogP contribution in [0.1, 0.15) is 23.6 Å². The van der Waals surface area contributed by atoms with Crippen molar-refractivity contribution in [1.82, 2.24) is 10.6 Å². The van der Waals surface area contributed by atoms with Crippen LogP contribution in [0, 0.1) is 12.3 Å². The minimum atomic E-state index is 0. The molecule has 0 radical (unpaired) electrons. The summed E-state index contributed by atoms with van der Waals surface area (Å²) in [4.78, 5) is 4.69. The van der Waals surface area contributed by atoms with Gasteiger partial charge in [-0.15, -0.1) is 30.4 Å². The summed E-state index contributed by atoms with van der Waals surface area (Å²) in [5.74, 6) is 5.56. The summed E-state index contributed by atoms with van der Waals surface area (Å²) in [5, 5.41) is 6.69. The van der Waals surface area contributed by atoms with E-state index in [0.29, 0.717) is 18.0 Å². The van der Waals surface area contributed by atoms with Gasteiger partial charge in [-0.3, -0.25) is 0 Å². The Morgan fingerprint density at radius 1 is 1.16 bits per heavy atom. The molecule has 3 rings (SSSR count). The minimum Gasteiger partial charge on any atom is -0.493 e. The fourth-order valence-electron chi connectivity index (χ4n) is 3.28. The van der Waals surface area contributed by atoms with Crippen LogP contribution in [0.4, 0.5) is 0 Å². The van der Waals surface area contributed by atoms with E-state index in [-0.39, 0.29) is 30.6 Å². The molecule has 2 aromatic rings. The maximum Gasteiger partial charge on any atom is 0.191 e. The molecule has 6 nitrogen and oxygen atoms in total. The van der Waals surface area contributed by atoms with Crippen molar-refractivity contribution in [2.75, 3.05) is 33.4 Å². The molecule has 166 valence electrons. The van der Waals surface area contributed by atoms with E-state index in [1.54, 1.807) is 7.11 Å². The number of rotatable bonds is 9. The van der Waals surface area contributed by atoms with Gasteiger partial charge in [-0.25, -0.2) is 4.99 Å². The number of fused-ring (bicyclic) bond motifs is 1. The van der Waals surface area contributed by atoms with Crippen molar-refractivity contribution in [3.63, 3.8) is 0 Å². The number of guanidine groups is 1. The van der Waals surface area contributed by atoms with Gasteiger partial charge in [0.2, 0.25) is 0 Å². The number of terminal acetylenes is 1. The monoisotopic (exact) mass is 535 g/mol. The van der Waals surface area contributed by atoms with Crippen LogP contribution in [-0.4, -0.2) is 39.4 Å². The summed E-state index contributed by atoms with van der Waals surface area (Å²) < 4.78 is 16.5. The van der Waals surface area contributed by atoms with Gasteiger partial charge in [0, 0.05) is 19.5 Å². The molecular formula is C24H30IN3O3. The molecule has 7 heteroatoms. The van der Waals surface area contributed by atoms with E-state index in [1.165, 1.54) is 11.1 Å². The molecule has 0 saturated heterocycles. The van der Waals surface area contributed by atoms with E-state index in [2.05, 4.69) is 46.7 Å². The molecule has 2 N–H and O–H groups in total. The molecule has 0 atom stereocenters. The molecule has 0 amide bonds. The standard InChI is InChI=1S/C24H29N3O3.HI/c1-4-13-29-23-16-19(7-9-22(23)28-3)17-27-24(25-5-2)26-12-10-18-6-8-21-20(15-18)11-14-30-21;/h1,6-9,15-16H,5,10-14,17H2,2-3H3,(H2,25,26,27);1H. The van der Waals surface area contributed by atoms with Crippen LogP contribution in [0.15, 0.2) is 41.4 Å². The molecule has 2 aromatic carbocycles. The Labute approximate surface area is 201 Å². The zero-order valence-electron chi connectivity index (χ0n) is 18.1. The van der Waals surface area contributed by atoms with Crippen LogP contribution >= 0.6 is 24.0 Å². The summed E-state index contributed by atoms with van der Waals surface area (Å²) in [6.07, 6.45) is 7.21. The van der Waals surface area contributed by atoms with E-state index >= 15 is 0 Å². The van der Waals surface area contributed by atoms with Crippen LogP contribution in [0.25, 0.3) is 0 Å². The van der Waals surface area contributed by atoms with Crippen molar-refractivity contribution >= 4 is 29.9 Å². The fourth-order valence-corrected chi connectivity index (χ4v) is 3.28. The number of nitrogens with one attached hydrogen (secondary N) is 2. The van der Waals surface area contributed by atoms with Crippen molar-refractivity contribution in [2.45, 2.75) is 26.3 Å². The third kappa shape index (κ3) is 7.24. The number of halogens is 1. The molecule has 0 aliphatic carbocycles. The molecule has 31 heavy (non-hydrogen) atoms. The highest BCUT2D eigenvalue weighted by atomic mass is 127. The lowest BCUT2D eigenvalue weighted by molar-refractivity contribution is 0.330. The predicted molar refractivity (Wildman–Crippen MR) is 135 cm³/mol. The Kier molecular flexibility index (Phi) is 10.3. The van der Waals surface area contributed by atoms with Crippen LogP contribution < -0.4 is 24.8 Å². The van der Waals surface area contributed by atoms with Crippen molar-refractivity contribution in [2.24, 2.45) is 4.99 Å². The molecular weight excluding hydrogens is 505 g/mol. The van der Waals surface area contributed by atoms with Gasteiger partial charge >= 0.3 is 0 Å². The first-order valence-electron chi connectivity index (χ1n) is 10.2. The summed E-state index contributed by atoms with van der Waals surface area (Å²) in [7, 11) is 1.61. The van der Waals surface area contributed by atoms with E-state index in [0.717, 1.165) is 49.8 Å². The van der Waals surface area contributed by atoms with E-state index in [9.17, 15) is 0 Å². The van der Waals surface area contributed by atoms with Gasteiger partial charge in [0.25, 0.3) is 0 Å². The van der Waals surface area contributed by atoms with Crippen LogP contribution in [-0.2, 0) is 19.4 Å². The average molecular weight is 535 g/mol.